The second-order valence-corrected chi connectivity index (χ2v) is 12.8. The van der Waals surface area contributed by atoms with Crippen LogP contribution in [0.15, 0.2) is 85.5 Å². The van der Waals surface area contributed by atoms with Gasteiger partial charge in [-0.05, 0) is 78.9 Å². The van der Waals surface area contributed by atoms with Crippen LogP contribution in [0.2, 0.25) is 0 Å². The van der Waals surface area contributed by atoms with Crippen LogP contribution in [-0.4, -0.2) is 19.0 Å². The molecule has 0 spiro atoms. The van der Waals surface area contributed by atoms with Crippen molar-refractivity contribution in [3.05, 3.63) is 114 Å². The number of unbranched alkanes of at least 4 members (excludes halogenated alkanes) is 15. The van der Waals surface area contributed by atoms with Gasteiger partial charge in [0.1, 0.15) is 11.6 Å². The molecule has 0 heterocycles. The summed E-state index contributed by atoms with van der Waals surface area (Å²) in [5.41, 5.74) is 4.94. The maximum Gasteiger partial charge on any atom is 0.185 e. The third-order valence-corrected chi connectivity index (χ3v) is 8.60. The van der Waals surface area contributed by atoms with Crippen LogP contribution in [0.1, 0.15) is 137 Å². The molecule has 0 atom stereocenters. The van der Waals surface area contributed by atoms with Crippen LogP contribution in [0.3, 0.4) is 0 Å². The molecule has 0 fully saturated rings. The Balaban J connectivity index is 1.03. The van der Waals surface area contributed by atoms with Crippen molar-refractivity contribution in [1.82, 2.24) is 0 Å². The van der Waals surface area contributed by atoms with E-state index < -0.39 is 0 Å². The number of hydrogen-bond donors (Lipinski definition) is 0. The molecular weight excluding hydrogens is 583 g/mol. The molecule has 0 unspecified atom stereocenters. The Kier molecular flexibility index (Phi) is 19.2. The Labute approximate surface area is 284 Å². The third-order valence-electron chi connectivity index (χ3n) is 8.60. The van der Waals surface area contributed by atoms with E-state index in [1.165, 1.54) is 138 Å². The van der Waals surface area contributed by atoms with Crippen LogP contribution in [0.25, 0.3) is 11.6 Å². The number of carbonyl (C=O) groups excluding carboxylic acids is 1. The predicted octanol–water partition coefficient (Wildman–Crippen LogP) is 12.6. The third kappa shape index (κ3) is 17.3. The summed E-state index contributed by atoms with van der Waals surface area (Å²) in [6.07, 6.45) is 24.4. The summed E-state index contributed by atoms with van der Waals surface area (Å²) < 4.78 is 24.8. The fourth-order valence-corrected chi connectivity index (χ4v) is 5.60. The van der Waals surface area contributed by atoms with E-state index >= 15 is 0 Å². The Morgan fingerprint density at radius 1 is 0.617 bits per heavy atom. The molecule has 0 amide bonds. The first kappa shape index (κ1) is 38.0. The SMILES string of the molecule is C=C(C)c1ccc(COCCCCCCCCCCCCCCCCCCOc2ccc(/C=C/C(=O)c3ccc(F)cc3)cc2)cc1. The monoisotopic (exact) mass is 640 g/mol. The van der Waals surface area contributed by atoms with Crippen LogP contribution in [-0.2, 0) is 11.3 Å². The molecule has 47 heavy (non-hydrogen) atoms. The first-order valence-electron chi connectivity index (χ1n) is 18.0. The highest BCUT2D eigenvalue weighted by molar-refractivity contribution is 6.06. The first-order valence-corrected chi connectivity index (χ1v) is 18.0. The lowest BCUT2D eigenvalue weighted by Crippen LogP contribution is -1.97. The summed E-state index contributed by atoms with van der Waals surface area (Å²) in [6.45, 7) is 8.33. The van der Waals surface area contributed by atoms with Gasteiger partial charge in [0.2, 0.25) is 0 Å². The predicted molar refractivity (Wildman–Crippen MR) is 196 cm³/mol. The molecule has 0 aliphatic heterocycles. The summed E-state index contributed by atoms with van der Waals surface area (Å²) in [6, 6.07) is 21.9. The Bertz CT molecular complexity index is 1290. The minimum atomic E-state index is -0.345. The standard InChI is InChI=1S/C43H57FO3/c1-36(2)39-24-19-38(20-25-39)35-46-33-17-15-13-11-9-7-5-3-4-6-8-10-12-14-16-18-34-47-42-30-21-37(22-31-42)23-32-43(45)40-26-28-41(44)29-27-40/h19-32H,1,3-18,33-35H2,2H3/b32-23+. The minimum Gasteiger partial charge on any atom is -0.494 e. The lowest BCUT2D eigenvalue weighted by Gasteiger charge is -2.07. The van der Waals surface area contributed by atoms with Crippen LogP contribution < -0.4 is 4.74 Å². The minimum absolute atomic E-state index is 0.144. The number of rotatable bonds is 26. The van der Waals surface area contributed by atoms with Crippen molar-refractivity contribution in [3.8, 4) is 5.75 Å². The number of benzene rings is 3. The number of hydrogen-bond acceptors (Lipinski definition) is 3. The average molecular weight is 641 g/mol. The van der Waals surface area contributed by atoms with Crippen molar-refractivity contribution < 1.29 is 18.7 Å². The van der Waals surface area contributed by atoms with E-state index in [4.69, 9.17) is 9.47 Å². The summed E-state index contributed by atoms with van der Waals surface area (Å²) in [5.74, 6) is 0.362. The van der Waals surface area contributed by atoms with Crippen LogP contribution in [0.4, 0.5) is 4.39 Å². The smallest absolute Gasteiger partial charge is 0.185 e. The summed E-state index contributed by atoms with van der Waals surface area (Å²) in [5, 5.41) is 0. The van der Waals surface area contributed by atoms with Gasteiger partial charge in [-0.25, -0.2) is 4.39 Å². The first-order chi connectivity index (χ1) is 23.0. The zero-order valence-corrected chi connectivity index (χ0v) is 28.8. The summed E-state index contributed by atoms with van der Waals surface area (Å²) in [4.78, 5) is 12.2. The van der Waals surface area contributed by atoms with E-state index in [0.29, 0.717) is 12.2 Å². The average Bonchev–Trinajstić information content (AvgIpc) is 3.09. The van der Waals surface area contributed by atoms with Crippen molar-refractivity contribution in [1.29, 1.82) is 0 Å². The Morgan fingerprint density at radius 3 is 1.60 bits per heavy atom. The van der Waals surface area contributed by atoms with Gasteiger partial charge in [0.25, 0.3) is 0 Å². The molecule has 0 aromatic heterocycles. The van der Waals surface area contributed by atoms with Gasteiger partial charge in [-0.3, -0.25) is 4.79 Å². The highest BCUT2D eigenvalue weighted by atomic mass is 19.1. The molecule has 0 saturated carbocycles. The van der Waals surface area contributed by atoms with Gasteiger partial charge in [0, 0.05) is 12.2 Å². The Morgan fingerprint density at radius 2 is 1.09 bits per heavy atom. The zero-order valence-electron chi connectivity index (χ0n) is 28.8. The number of ketones is 1. The lowest BCUT2D eigenvalue weighted by atomic mass is 10.0. The van der Waals surface area contributed by atoms with E-state index in [0.717, 1.165) is 36.5 Å². The number of halogens is 1. The van der Waals surface area contributed by atoms with Gasteiger partial charge in [0.05, 0.1) is 13.2 Å². The molecule has 0 aliphatic rings. The van der Waals surface area contributed by atoms with E-state index in [1.807, 2.05) is 31.2 Å². The highest BCUT2D eigenvalue weighted by Crippen LogP contribution is 2.17. The Hall–Kier alpha value is -3.50. The zero-order chi connectivity index (χ0) is 33.4. The number of ether oxygens (including phenoxy) is 2. The fourth-order valence-electron chi connectivity index (χ4n) is 5.60. The largest absolute Gasteiger partial charge is 0.494 e. The van der Waals surface area contributed by atoms with Gasteiger partial charge in [-0.15, -0.1) is 0 Å². The van der Waals surface area contributed by atoms with E-state index in [2.05, 4.69) is 30.8 Å². The van der Waals surface area contributed by atoms with Crippen molar-refractivity contribution >= 4 is 17.4 Å². The molecular formula is C43H57FO3. The molecule has 3 nitrogen and oxygen atoms in total. The van der Waals surface area contributed by atoms with Crippen LogP contribution in [0.5, 0.6) is 5.75 Å². The molecule has 0 N–H and O–H groups in total. The van der Waals surface area contributed by atoms with Gasteiger partial charge < -0.3 is 9.47 Å². The lowest BCUT2D eigenvalue weighted by molar-refractivity contribution is 0.104. The maximum absolute atomic E-state index is 13.0. The topological polar surface area (TPSA) is 35.5 Å². The molecule has 0 radical (unpaired) electrons. The van der Waals surface area contributed by atoms with E-state index in [9.17, 15) is 9.18 Å². The number of allylic oxidation sites excluding steroid dienone is 2. The second kappa shape index (κ2) is 23.8. The molecule has 0 saturated heterocycles. The molecule has 3 aromatic carbocycles. The summed E-state index contributed by atoms with van der Waals surface area (Å²) >= 11 is 0. The summed E-state index contributed by atoms with van der Waals surface area (Å²) in [7, 11) is 0. The quantitative estimate of drug-likeness (QED) is 0.0497. The molecule has 254 valence electrons. The highest BCUT2D eigenvalue weighted by Gasteiger charge is 2.02. The van der Waals surface area contributed by atoms with Crippen molar-refractivity contribution in [3.63, 3.8) is 0 Å². The van der Waals surface area contributed by atoms with Crippen molar-refractivity contribution in [2.75, 3.05) is 13.2 Å². The molecule has 4 heteroatoms. The van der Waals surface area contributed by atoms with Crippen molar-refractivity contribution in [2.45, 2.75) is 116 Å². The van der Waals surface area contributed by atoms with Gasteiger partial charge in [-0.2, -0.15) is 0 Å². The van der Waals surface area contributed by atoms with Gasteiger partial charge in [0.15, 0.2) is 5.78 Å². The van der Waals surface area contributed by atoms with Crippen LogP contribution in [0, 0.1) is 5.82 Å². The molecule has 0 aliphatic carbocycles. The van der Waals surface area contributed by atoms with Gasteiger partial charge in [-0.1, -0.05) is 145 Å². The normalized spacial score (nSPS) is 11.3. The maximum atomic E-state index is 13.0. The van der Waals surface area contributed by atoms with Gasteiger partial charge >= 0.3 is 0 Å². The number of carbonyl (C=O) groups is 1. The van der Waals surface area contributed by atoms with E-state index in [1.54, 1.807) is 6.08 Å². The molecule has 0 bridgehead atoms. The van der Waals surface area contributed by atoms with E-state index in [-0.39, 0.29) is 11.6 Å². The van der Waals surface area contributed by atoms with Crippen LogP contribution >= 0.6 is 0 Å². The fraction of sp³-hybridized carbons (Fsp3) is 0.465. The van der Waals surface area contributed by atoms with Crippen molar-refractivity contribution in [2.24, 2.45) is 0 Å². The second-order valence-electron chi connectivity index (χ2n) is 12.8. The molecule has 3 rings (SSSR count). The molecule has 3 aromatic rings.